The van der Waals surface area contributed by atoms with Crippen molar-refractivity contribution in [2.45, 2.75) is 11.8 Å². The minimum Gasteiger partial charge on any atom is -0.493 e. The Morgan fingerprint density at radius 2 is 1.89 bits per heavy atom. The highest BCUT2D eigenvalue weighted by atomic mass is 32.2. The van der Waals surface area contributed by atoms with Gasteiger partial charge >= 0.3 is 0 Å². The van der Waals surface area contributed by atoms with E-state index in [0.717, 1.165) is 11.3 Å². The van der Waals surface area contributed by atoms with Crippen molar-refractivity contribution in [1.29, 1.82) is 0 Å². The van der Waals surface area contributed by atoms with Gasteiger partial charge in [-0.25, -0.2) is 8.42 Å². The molecule has 1 aliphatic heterocycles. The summed E-state index contributed by atoms with van der Waals surface area (Å²) in [7, 11) is -3.58. The number of rotatable bonds is 6. The maximum atomic E-state index is 12.6. The summed E-state index contributed by atoms with van der Waals surface area (Å²) in [6, 6.07) is 10.6. The maximum absolute atomic E-state index is 12.6. The summed E-state index contributed by atoms with van der Waals surface area (Å²) in [5, 5.41) is 0. The molecule has 1 aliphatic rings. The molecule has 1 aromatic carbocycles. The first-order valence-corrected chi connectivity index (χ1v) is 10.6. The number of carbonyl (C=O) groups excluding carboxylic acids is 1. The van der Waals surface area contributed by atoms with Crippen LogP contribution in [0.5, 0.6) is 5.75 Å². The molecule has 1 fully saturated rings. The predicted octanol–water partition coefficient (Wildman–Crippen LogP) is 2.03. The van der Waals surface area contributed by atoms with E-state index in [2.05, 4.69) is 4.98 Å². The third-order valence-corrected chi connectivity index (χ3v) is 6.33. The Kier molecular flexibility index (Phi) is 6.43. The Hall–Kier alpha value is -2.71. The minimum atomic E-state index is -3.58. The second-order valence-corrected chi connectivity index (χ2v) is 8.16. The smallest absolute Gasteiger partial charge is 0.246 e. The van der Waals surface area contributed by atoms with Crippen molar-refractivity contribution < 1.29 is 17.9 Å². The highest BCUT2D eigenvalue weighted by Crippen LogP contribution is 2.20. The van der Waals surface area contributed by atoms with Gasteiger partial charge in [0.25, 0.3) is 0 Å². The molecule has 0 bridgehead atoms. The van der Waals surface area contributed by atoms with Crippen LogP contribution in [-0.2, 0) is 14.8 Å². The second-order valence-electron chi connectivity index (χ2n) is 6.22. The summed E-state index contributed by atoms with van der Waals surface area (Å²) < 4.78 is 32.2. The fourth-order valence-electron chi connectivity index (χ4n) is 2.97. The van der Waals surface area contributed by atoms with E-state index in [4.69, 9.17) is 4.74 Å². The van der Waals surface area contributed by atoms with Crippen molar-refractivity contribution in [1.82, 2.24) is 14.2 Å². The molecule has 7 nitrogen and oxygen atoms in total. The largest absolute Gasteiger partial charge is 0.493 e. The fraction of sp³-hybridized carbons (Fsp3) is 0.300. The molecule has 0 atom stereocenters. The van der Waals surface area contributed by atoms with Gasteiger partial charge < -0.3 is 9.64 Å². The number of benzene rings is 1. The zero-order valence-corrected chi connectivity index (χ0v) is 16.5. The molecule has 8 heteroatoms. The number of hydrogen-bond donors (Lipinski definition) is 0. The van der Waals surface area contributed by atoms with E-state index in [1.807, 2.05) is 31.2 Å². The Labute approximate surface area is 165 Å². The van der Waals surface area contributed by atoms with Gasteiger partial charge in [-0.3, -0.25) is 9.78 Å². The summed E-state index contributed by atoms with van der Waals surface area (Å²) in [5.41, 5.74) is 0.829. The van der Waals surface area contributed by atoms with E-state index < -0.39 is 10.0 Å². The van der Waals surface area contributed by atoms with Gasteiger partial charge in [-0.2, -0.15) is 4.31 Å². The van der Waals surface area contributed by atoms with Crippen LogP contribution >= 0.6 is 0 Å². The van der Waals surface area contributed by atoms with E-state index in [1.165, 1.54) is 28.8 Å². The molecule has 0 saturated carbocycles. The summed E-state index contributed by atoms with van der Waals surface area (Å²) in [6.07, 6.45) is 6.10. The molecule has 28 heavy (non-hydrogen) atoms. The topological polar surface area (TPSA) is 79.8 Å². The number of amides is 1. The van der Waals surface area contributed by atoms with E-state index in [0.29, 0.717) is 19.7 Å². The van der Waals surface area contributed by atoms with Crippen molar-refractivity contribution in [3.8, 4) is 5.75 Å². The molecule has 1 aromatic heterocycles. The molecule has 2 heterocycles. The van der Waals surface area contributed by atoms with E-state index in [1.54, 1.807) is 17.0 Å². The number of piperazine rings is 1. The van der Waals surface area contributed by atoms with Crippen LogP contribution in [0, 0.1) is 0 Å². The first-order valence-electron chi connectivity index (χ1n) is 9.11. The van der Waals surface area contributed by atoms with E-state index >= 15 is 0 Å². The standard InChI is InChI=1S/C20H23N3O4S/c1-2-27-19-8-4-3-6-17(19)9-10-20(24)22-12-14-23(15-13-22)28(25,26)18-7-5-11-21-16-18/h3-11,16H,2,12-15H2,1H3/b10-9+. The molecule has 1 amide bonds. The molecule has 2 aromatic rings. The maximum Gasteiger partial charge on any atom is 0.246 e. The quantitative estimate of drug-likeness (QED) is 0.692. The Balaban J connectivity index is 1.61. The molecular weight excluding hydrogens is 378 g/mol. The van der Waals surface area contributed by atoms with Gasteiger partial charge in [0.2, 0.25) is 15.9 Å². The van der Waals surface area contributed by atoms with E-state index in [9.17, 15) is 13.2 Å². The van der Waals surface area contributed by atoms with Gasteiger partial charge in [-0.05, 0) is 31.2 Å². The van der Waals surface area contributed by atoms with Crippen molar-refractivity contribution in [3.05, 3.63) is 60.4 Å². The van der Waals surface area contributed by atoms with Crippen LogP contribution < -0.4 is 4.74 Å². The van der Waals surface area contributed by atoms with Gasteiger partial charge in [0.15, 0.2) is 0 Å². The molecule has 0 spiro atoms. The Morgan fingerprint density at radius 1 is 1.14 bits per heavy atom. The van der Waals surface area contributed by atoms with Crippen LogP contribution in [0.1, 0.15) is 12.5 Å². The van der Waals surface area contributed by atoms with Crippen LogP contribution in [0.2, 0.25) is 0 Å². The van der Waals surface area contributed by atoms with E-state index in [-0.39, 0.29) is 23.9 Å². The second kappa shape index (κ2) is 8.99. The average molecular weight is 401 g/mol. The summed E-state index contributed by atoms with van der Waals surface area (Å²) in [5.74, 6) is 0.575. The highest BCUT2D eigenvalue weighted by molar-refractivity contribution is 7.89. The zero-order chi connectivity index (χ0) is 20.0. The Morgan fingerprint density at radius 3 is 2.57 bits per heavy atom. The molecule has 0 radical (unpaired) electrons. The molecule has 0 N–H and O–H groups in total. The lowest BCUT2D eigenvalue weighted by Crippen LogP contribution is -2.50. The van der Waals surface area contributed by atoms with Crippen LogP contribution in [0.25, 0.3) is 6.08 Å². The van der Waals surface area contributed by atoms with Crippen LogP contribution in [-0.4, -0.2) is 61.3 Å². The number of nitrogens with zero attached hydrogens (tertiary/aromatic N) is 3. The Bertz CT molecular complexity index is 937. The fourth-order valence-corrected chi connectivity index (χ4v) is 4.36. The van der Waals surface area contributed by atoms with Gasteiger partial charge in [-0.1, -0.05) is 18.2 Å². The van der Waals surface area contributed by atoms with Crippen LogP contribution in [0.4, 0.5) is 0 Å². The highest BCUT2D eigenvalue weighted by Gasteiger charge is 2.29. The zero-order valence-electron chi connectivity index (χ0n) is 15.7. The molecule has 1 saturated heterocycles. The number of carbonyl (C=O) groups is 1. The van der Waals surface area contributed by atoms with Crippen LogP contribution in [0.3, 0.4) is 0 Å². The van der Waals surface area contributed by atoms with Gasteiger partial charge in [0.1, 0.15) is 10.6 Å². The number of aromatic nitrogens is 1. The number of pyridine rings is 1. The monoisotopic (exact) mass is 401 g/mol. The lowest BCUT2D eigenvalue weighted by atomic mass is 10.2. The molecule has 3 rings (SSSR count). The molecular formula is C20H23N3O4S. The molecule has 148 valence electrons. The number of sulfonamides is 1. The molecule has 0 unspecified atom stereocenters. The lowest BCUT2D eigenvalue weighted by molar-refractivity contribution is -0.127. The van der Waals surface area contributed by atoms with Crippen molar-refractivity contribution in [3.63, 3.8) is 0 Å². The average Bonchev–Trinajstić information content (AvgIpc) is 2.74. The minimum absolute atomic E-state index is 0.148. The number of hydrogen-bond acceptors (Lipinski definition) is 5. The van der Waals surface area contributed by atoms with Crippen molar-refractivity contribution in [2.75, 3.05) is 32.8 Å². The number of ether oxygens (including phenoxy) is 1. The summed E-state index contributed by atoms with van der Waals surface area (Å²) in [6.45, 7) is 3.65. The van der Waals surface area contributed by atoms with Crippen LogP contribution in [0.15, 0.2) is 59.8 Å². The lowest BCUT2D eigenvalue weighted by Gasteiger charge is -2.33. The first kappa shape index (κ1) is 20.0. The third kappa shape index (κ3) is 4.58. The third-order valence-electron chi connectivity index (χ3n) is 4.45. The predicted molar refractivity (Wildman–Crippen MR) is 106 cm³/mol. The van der Waals surface area contributed by atoms with Crippen molar-refractivity contribution >= 4 is 22.0 Å². The molecule has 0 aliphatic carbocycles. The van der Waals surface area contributed by atoms with Gasteiger partial charge in [-0.15, -0.1) is 0 Å². The number of para-hydroxylation sites is 1. The summed E-state index contributed by atoms with van der Waals surface area (Å²) >= 11 is 0. The van der Waals surface area contributed by atoms with Crippen molar-refractivity contribution in [2.24, 2.45) is 0 Å². The van der Waals surface area contributed by atoms with Gasteiger partial charge in [0.05, 0.1) is 6.61 Å². The normalized spacial score (nSPS) is 15.7. The van der Waals surface area contributed by atoms with Gasteiger partial charge in [0, 0.05) is 50.2 Å². The summed E-state index contributed by atoms with van der Waals surface area (Å²) in [4.78, 5) is 18.2. The first-order chi connectivity index (χ1) is 13.5. The SMILES string of the molecule is CCOc1ccccc1/C=C/C(=O)N1CCN(S(=O)(=O)c2cccnc2)CC1.